The quantitative estimate of drug-likeness (QED) is 0.0995. The number of hydrogen-bond acceptors (Lipinski definition) is 10. The molecule has 0 unspecified atom stereocenters. The van der Waals surface area contributed by atoms with Gasteiger partial charge in [-0.2, -0.15) is 9.97 Å². The van der Waals surface area contributed by atoms with Crippen LogP contribution < -0.4 is 9.47 Å². The lowest BCUT2D eigenvalue weighted by Gasteiger charge is -2.11. The van der Waals surface area contributed by atoms with E-state index in [1.54, 1.807) is 24.3 Å². The number of fused-ring (bicyclic) bond motifs is 2. The Bertz CT molecular complexity index is 2930. The Kier molecular flexibility index (Phi) is 13.5. The van der Waals surface area contributed by atoms with Crippen LogP contribution in [0.3, 0.4) is 0 Å². The predicted octanol–water partition coefficient (Wildman–Crippen LogP) is 11.2. The molecule has 326 valence electrons. The lowest BCUT2D eigenvalue weighted by Crippen LogP contribution is -2.05. The monoisotopic (exact) mass is 892 g/mol. The summed E-state index contributed by atoms with van der Waals surface area (Å²) in [4.78, 5) is 31.2. The van der Waals surface area contributed by atoms with Gasteiger partial charge in [0, 0.05) is 71.9 Å². The van der Waals surface area contributed by atoms with Gasteiger partial charge < -0.3 is 37.9 Å². The molecule has 2 N–H and O–H groups in total. The minimum Gasteiger partial charge on any atom is -0.489 e. The van der Waals surface area contributed by atoms with Crippen molar-refractivity contribution in [2.45, 2.75) is 79.1 Å². The van der Waals surface area contributed by atoms with Crippen molar-refractivity contribution in [3.05, 3.63) is 106 Å². The third kappa shape index (κ3) is 10.0. The Morgan fingerprint density at radius 2 is 1.13 bits per heavy atom. The molecule has 16 heteroatoms. The number of carbonyl (C=O) groups is 2. The number of halogens is 2. The SMILES string of the molecule is CC(C)Oc1ccc(-c2nc(-c3ccc(CCC(=O)O)c4ccn(C)c34)no2)cc1Cl.CCn1ccc2c(CCC(=O)O)ccc(-c3noc(-c4ccc(OC(C)C)c(Cl)c4)n3)c21. The van der Waals surface area contributed by atoms with Crippen LogP contribution in [-0.2, 0) is 36.0 Å². The van der Waals surface area contributed by atoms with Gasteiger partial charge in [-0.05, 0) is 119 Å². The van der Waals surface area contributed by atoms with Crippen molar-refractivity contribution in [3.63, 3.8) is 0 Å². The smallest absolute Gasteiger partial charge is 0.303 e. The highest BCUT2D eigenvalue weighted by atomic mass is 35.5. The van der Waals surface area contributed by atoms with Crippen LogP contribution in [-0.4, -0.2) is 63.8 Å². The molecule has 0 spiro atoms. The van der Waals surface area contributed by atoms with Crippen LogP contribution in [0.4, 0.5) is 0 Å². The van der Waals surface area contributed by atoms with Crippen LogP contribution in [0.15, 0.2) is 94.2 Å². The van der Waals surface area contributed by atoms with Gasteiger partial charge in [0.25, 0.3) is 11.8 Å². The molecule has 0 bridgehead atoms. The first-order chi connectivity index (χ1) is 30.2. The average molecular weight is 894 g/mol. The first-order valence-electron chi connectivity index (χ1n) is 20.4. The maximum atomic E-state index is 11.0. The first kappa shape index (κ1) is 44.4. The number of aryl methyl sites for hydroxylation is 4. The van der Waals surface area contributed by atoms with Crippen LogP contribution in [0.2, 0.25) is 10.0 Å². The number of rotatable bonds is 15. The fourth-order valence-corrected chi connectivity index (χ4v) is 7.72. The van der Waals surface area contributed by atoms with E-state index in [1.807, 2.05) is 100 Å². The molecule has 0 saturated heterocycles. The zero-order chi connectivity index (χ0) is 44.9. The van der Waals surface area contributed by atoms with Gasteiger partial charge in [0.05, 0.1) is 33.3 Å². The lowest BCUT2D eigenvalue weighted by atomic mass is 10.0. The molecular weight excluding hydrogens is 847 g/mol. The second kappa shape index (κ2) is 19.2. The minimum absolute atomic E-state index is 0.0176. The zero-order valence-corrected chi connectivity index (χ0v) is 37.1. The van der Waals surface area contributed by atoms with Crippen LogP contribution in [0.25, 0.3) is 67.5 Å². The molecular formula is C47H46Cl2N6O8. The van der Waals surface area contributed by atoms with Crippen molar-refractivity contribution in [1.82, 2.24) is 29.4 Å². The maximum absolute atomic E-state index is 11.0. The van der Waals surface area contributed by atoms with Crippen LogP contribution in [0, 0.1) is 0 Å². The summed E-state index contributed by atoms with van der Waals surface area (Å²) in [5.41, 5.74) is 6.86. The Morgan fingerprint density at radius 3 is 1.57 bits per heavy atom. The number of benzene rings is 4. The van der Waals surface area contributed by atoms with Gasteiger partial charge in [0.2, 0.25) is 11.6 Å². The Labute approximate surface area is 373 Å². The maximum Gasteiger partial charge on any atom is 0.303 e. The van der Waals surface area contributed by atoms with Gasteiger partial charge >= 0.3 is 11.9 Å². The van der Waals surface area contributed by atoms with Crippen LogP contribution in [0.1, 0.15) is 58.6 Å². The molecule has 63 heavy (non-hydrogen) atoms. The number of aromatic nitrogens is 6. The van der Waals surface area contributed by atoms with Crippen LogP contribution in [0.5, 0.6) is 11.5 Å². The lowest BCUT2D eigenvalue weighted by molar-refractivity contribution is -0.138. The number of carboxylic acid groups (broad SMARTS) is 2. The first-order valence-corrected chi connectivity index (χ1v) is 21.2. The molecule has 4 heterocycles. The second-order valence-corrected chi connectivity index (χ2v) is 16.2. The average Bonchev–Trinajstić information content (AvgIpc) is 4.08. The summed E-state index contributed by atoms with van der Waals surface area (Å²) in [7, 11) is 1.93. The molecule has 8 aromatic rings. The van der Waals surface area contributed by atoms with E-state index in [-0.39, 0.29) is 25.0 Å². The molecule has 0 fully saturated rings. The molecule has 0 aliphatic rings. The minimum atomic E-state index is -0.820. The summed E-state index contributed by atoms with van der Waals surface area (Å²) in [6, 6.07) is 22.4. The van der Waals surface area contributed by atoms with E-state index in [9.17, 15) is 9.59 Å². The van der Waals surface area contributed by atoms with Crippen molar-refractivity contribution in [2.24, 2.45) is 7.05 Å². The highest BCUT2D eigenvalue weighted by Gasteiger charge is 2.20. The summed E-state index contributed by atoms with van der Waals surface area (Å²) < 4.78 is 26.5. The molecule has 14 nitrogen and oxygen atoms in total. The van der Waals surface area contributed by atoms with Gasteiger partial charge in [0.1, 0.15) is 11.5 Å². The highest BCUT2D eigenvalue weighted by Crippen LogP contribution is 2.36. The fraction of sp³-hybridized carbons (Fsp3) is 0.277. The predicted molar refractivity (Wildman–Crippen MR) is 241 cm³/mol. The number of carboxylic acids is 2. The van der Waals surface area contributed by atoms with Crippen molar-refractivity contribution < 1.29 is 38.3 Å². The highest BCUT2D eigenvalue weighted by molar-refractivity contribution is 6.32. The number of aliphatic carboxylic acids is 2. The molecule has 4 aromatic heterocycles. The summed E-state index contributed by atoms with van der Waals surface area (Å²) in [6.45, 7) is 10.6. The Balaban J connectivity index is 0.000000189. The van der Waals surface area contributed by atoms with E-state index in [1.165, 1.54) is 0 Å². The molecule has 8 rings (SSSR count). The summed E-state index contributed by atoms with van der Waals surface area (Å²) >= 11 is 12.7. The summed E-state index contributed by atoms with van der Waals surface area (Å²) in [6.07, 6.45) is 5.03. The molecule has 0 aliphatic carbocycles. The van der Waals surface area contributed by atoms with E-state index in [0.29, 0.717) is 68.9 Å². The van der Waals surface area contributed by atoms with Gasteiger partial charge in [-0.15, -0.1) is 0 Å². The number of ether oxygens (including phenoxy) is 2. The molecule has 0 aliphatic heterocycles. The van der Waals surface area contributed by atoms with Crippen molar-refractivity contribution in [2.75, 3.05) is 0 Å². The molecule has 0 atom stereocenters. The third-order valence-electron chi connectivity index (χ3n) is 10.1. The van der Waals surface area contributed by atoms with Crippen molar-refractivity contribution in [3.8, 4) is 57.2 Å². The van der Waals surface area contributed by atoms with Crippen molar-refractivity contribution in [1.29, 1.82) is 0 Å². The number of nitrogens with zero attached hydrogens (tertiary/aromatic N) is 6. The van der Waals surface area contributed by atoms with Gasteiger partial charge in [-0.25, -0.2) is 0 Å². The molecule has 4 aromatic carbocycles. The fourth-order valence-electron chi connectivity index (χ4n) is 7.27. The Hall–Kier alpha value is -6.64. The van der Waals surface area contributed by atoms with Gasteiger partial charge in [0.15, 0.2) is 0 Å². The standard InChI is InChI=1S/C24H24ClN3O4.C23H22ClN3O4/c1-4-28-12-11-17-15(7-10-21(29)30)5-8-18(22(17)28)23-26-24(32-27-23)16-6-9-20(19(25)13-16)31-14(2)3;1-13(2)30-19-8-5-15(12-18(19)24)23-25-22(26-31-23)17-7-4-14(6-9-20(28)29)16-10-11-27(3)21(16)17/h5-6,8-9,11-14H,4,7,10H2,1-3H3,(H,29,30);4-5,7-8,10-13H,6,9H2,1-3H3,(H,28,29). The normalized spacial score (nSPS) is 11.4. The Morgan fingerprint density at radius 1 is 0.667 bits per heavy atom. The molecule has 0 radical (unpaired) electrons. The second-order valence-electron chi connectivity index (χ2n) is 15.4. The zero-order valence-electron chi connectivity index (χ0n) is 35.6. The van der Waals surface area contributed by atoms with E-state index < -0.39 is 11.9 Å². The van der Waals surface area contributed by atoms with Gasteiger partial charge in [-0.1, -0.05) is 45.6 Å². The molecule has 0 saturated carbocycles. The van der Waals surface area contributed by atoms with E-state index in [2.05, 4.69) is 31.8 Å². The molecule has 0 amide bonds. The third-order valence-corrected chi connectivity index (χ3v) is 10.7. The van der Waals surface area contributed by atoms with E-state index in [0.717, 1.165) is 50.6 Å². The topological polar surface area (TPSA) is 181 Å². The largest absolute Gasteiger partial charge is 0.489 e. The summed E-state index contributed by atoms with van der Waals surface area (Å²) in [5, 5.41) is 29.4. The van der Waals surface area contributed by atoms with E-state index in [4.69, 9.17) is 51.9 Å². The number of hydrogen-bond donors (Lipinski definition) is 2. The van der Waals surface area contributed by atoms with Gasteiger partial charge in [-0.3, -0.25) is 9.59 Å². The van der Waals surface area contributed by atoms with E-state index >= 15 is 0 Å². The van der Waals surface area contributed by atoms with Crippen molar-refractivity contribution >= 4 is 56.9 Å². The van der Waals surface area contributed by atoms with Crippen LogP contribution >= 0.6 is 23.2 Å². The summed E-state index contributed by atoms with van der Waals surface area (Å²) in [5.74, 6) is 1.18.